The van der Waals surface area contributed by atoms with Gasteiger partial charge >= 0.3 is 0 Å². The minimum Gasteiger partial charge on any atom is -0.352 e. The third-order valence-electron chi connectivity index (χ3n) is 8.35. The van der Waals surface area contributed by atoms with Gasteiger partial charge in [0.2, 0.25) is 0 Å². The summed E-state index contributed by atoms with van der Waals surface area (Å²) in [6, 6.07) is 23.2. The summed E-state index contributed by atoms with van der Waals surface area (Å²) < 4.78 is 29.5. The van der Waals surface area contributed by atoms with E-state index in [1.165, 1.54) is 36.4 Å². The zero-order valence-electron chi connectivity index (χ0n) is 20.6. The molecule has 1 spiro atoms. The summed E-state index contributed by atoms with van der Waals surface area (Å²) in [7, 11) is 0. The van der Waals surface area contributed by atoms with Gasteiger partial charge in [-0.3, -0.25) is 14.4 Å². The van der Waals surface area contributed by atoms with E-state index in [2.05, 4.69) is 0 Å². The van der Waals surface area contributed by atoms with Crippen molar-refractivity contribution in [2.24, 2.45) is 5.41 Å². The molecular weight excluding hydrogens is 496 g/mol. The largest absolute Gasteiger partial charge is 0.352 e. The fraction of sp³-hybridized carbons (Fsp3) is 0.121. The standard InChI is InChI=1S/C33H21F2NO3/c34-21-16-13-20(14-17-21)30(37)29-28(24-10-4-5-11-25(24)35)33(31(38)22-8-2-3-9-23(22)32(33)39)27-18-15-19-7-1-6-12-26(19)36(27)29/h1-18,27-29H/t27?,28-,29+/m0/s1. The van der Waals surface area contributed by atoms with Gasteiger partial charge in [-0.1, -0.05) is 72.8 Å². The van der Waals surface area contributed by atoms with Crippen LogP contribution in [0.1, 0.15) is 48.1 Å². The van der Waals surface area contributed by atoms with Crippen LogP contribution < -0.4 is 4.90 Å². The van der Waals surface area contributed by atoms with Crippen molar-refractivity contribution in [3.8, 4) is 0 Å². The molecule has 7 rings (SSSR count). The first-order valence-electron chi connectivity index (χ1n) is 12.7. The Kier molecular flexibility index (Phi) is 5.04. The third kappa shape index (κ3) is 3.05. The summed E-state index contributed by atoms with van der Waals surface area (Å²) in [5.74, 6) is -3.53. The number of rotatable bonds is 3. The molecule has 0 N–H and O–H groups in total. The van der Waals surface area contributed by atoms with Crippen molar-refractivity contribution in [2.45, 2.75) is 18.0 Å². The van der Waals surface area contributed by atoms with E-state index in [1.54, 1.807) is 47.4 Å². The lowest BCUT2D eigenvalue weighted by atomic mass is 9.64. The predicted molar refractivity (Wildman–Crippen MR) is 143 cm³/mol. The smallest absolute Gasteiger partial charge is 0.185 e. The van der Waals surface area contributed by atoms with E-state index in [9.17, 15) is 18.8 Å². The molecule has 4 aromatic rings. The highest BCUT2D eigenvalue weighted by atomic mass is 19.1. The number of fused-ring (bicyclic) bond motifs is 5. The molecule has 4 aromatic carbocycles. The first kappa shape index (κ1) is 23.4. The maximum absolute atomic E-state index is 15.7. The van der Waals surface area contributed by atoms with Crippen molar-refractivity contribution in [3.63, 3.8) is 0 Å². The van der Waals surface area contributed by atoms with E-state index in [0.717, 1.165) is 5.56 Å². The molecule has 6 heteroatoms. The lowest BCUT2D eigenvalue weighted by Crippen LogP contribution is -2.48. The number of carbonyl (C=O) groups excluding carboxylic acids is 3. The molecular formula is C33H21F2NO3. The molecule has 1 aliphatic carbocycles. The van der Waals surface area contributed by atoms with E-state index in [4.69, 9.17) is 0 Å². The second-order valence-electron chi connectivity index (χ2n) is 10.2. The van der Waals surface area contributed by atoms with Gasteiger partial charge in [0.05, 0.1) is 6.04 Å². The van der Waals surface area contributed by atoms with Crippen LogP contribution in [0.3, 0.4) is 0 Å². The molecule has 0 bridgehead atoms. The van der Waals surface area contributed by atoms with Gasteiger partial charge in [0.1, 0.15) is 23.1 Å². The number of hydrogen-bond acceptors (Lipinski definition) is 4. The summed E-state index contributed by atoms with van der Waals surface area (Å²) in [4.78, 5) is 45.2. The average molecular weight is 518 g/mol. The molecule has 1 saturated heterocycles. The van der Waals surface area contributed by atoms with Crippen LogP contribution in [0, 0.1) is 17.0 Å². The van der Waals surface area contributed by atoms with Crippen molar-refractivity contribution in [1.82, 2.24) is 0 Å². The summed E-state index contributed by atoms with van der Waals surface area (Å²) in [6.07, 6.45) is 3.64. The molecule has 0 radical (unpaired) electrons. The summed E-state index contributed by atoms with van der Waals surface area (Å²) in [5.41, 5.74) is 0.562. The zero-order valence-corrected chi connectivity index (χ0v) is 20.6. The van der Waals surface area contributed by atoms with Gasteiger partial charge in [-0.15, -0.1) is 0 Å². The van der Waals surface area contributed by atoms with Crippen molar-refractivity contribution in [3.05, 3.63) is 143 Å². The number of hydrogen-bond donors (Lipinski definition) is 0. The van der Waals surface area contributed by atoms with Crippen molar-refractivity contribution < 1.29 is 23.2 Å². The van der Waals surface area contributed by atoms with Crippen molar-refractivity contribution >= 4 is 29.1 Å². The minimum atomic E-state index is -1.78. The number of benzene rings is 4. The Morgan fingerprint density at radius 2 is 1.36 bits per heavy atom. The Labute approximate surface area is 223 Å². The van der Waals surface area contributed by atoms with Crippen LogP contribution in [0.2, 0.25) is 0 Å². The Morgan fingerprint density at radius 1 is 0.744 bits per heavy atom. The van der Waals surface area contributed by atoms with Crippen LogP contribution in [0.5, 0.6) is 0 Å². The van der Waals surface area contributed by atoms with Gasteiger partial charge < -0.3 is 4.90 Å². The molecule has 1 fully saturated rings. The zero-order chi connectivity index (χ0) is 26.9. The summed E-state index contributed by atoms with van der Waals surface area (Å²) in [6.45, 7) is 0. The molecule has 2 heterocycles. The second kappa shape index (κ2) is 8.40. The third-order valence-corrected chi connectivity index (χ3v) is 8.35. The van der Waals surface area contributed by atoms with Crippen LogP contribution in [0.25, 0.3) is 6.08 Å². The minimum absolute atomic E-state index is 0.118. The van der Waals surface area contributed by atoms with Gasteiger partial charge in [-0.2, -0.15) is 0 Å². The van der Waals surface area contributed by atoms with E-state index in [-0.39, 0.29) is 22.3 Å². The van der Waals surface area contributed by atoms with E-state index in [1.807, 2.05) is 30.3 Å². The number of ketones is 3. The van der Waals surface area contributed by atoms with Crippen LogP contribution >= 0.6 is 0 Å². The SMILES string of the molecule is O=C(c1ccc(F)cc1)[C@H]1[C@H](c2ccccc2F)C2(C(=O)c3ccccc3C2=O)C2C=Cc3ccccc3N21. The fourth-order valence-electron chi connectivity index (χ4n) is 6.77. The summed E-state index contributed by atoms with van der Waals surface area (Å²) >= 11 is 0. The molecule has 1 unspecified atom stereocenters. The maximum atomic E-state index is 15.7. The number of nitrogens with zero attached hydrogens (tertiary/aromatic N) is 1. The quantitative estimate of drug-likeness (QED) is 0.237. The van der Waals surface area contributed by atoms with Gasteiger partial charge in [0, 0.05) is 28.3 Å². The first-order valence-corrected chi connectivity index (χ1v) is 12.7. The highest BCUT2D eigenvalue weighted by Gasteiger charge is 2.71. The van der Waals surface area contributed by atoms with Gasteiger partial charge in [-0.25, -0.2) is 8.78 Å². The van der Waals surface area contributed by atoms with Crippen LogP contribution in [-0.2, 0) is 0 Å². The molecule has 190 valence electrons. The molecule has 3 atom stereocenters. The molecule has 4 nitrogen and oxygen atoms in total. The lowest BCUT2D eigenvalue weighted by Gasteiger charge is -2.37. The number of anilines is 1. The number of carbonyl (C=O) groups is 3. The van der Waals surface area contributed by atoms with E-state index in [0.29, 0.717) is 5.69 Å². The highest BCUT2D eigenvalue weighted by molar-refractivity contribution is 6.32. The van der Waals surface area contributed by atoms with Crippen molar-refractivity contribution in [1.29, 1.82) is 0 Å². The monoisotopic (exact) mass is 517 g/mol. The molecule has 2 aliphatic heterocycles. The molecule has 3 aliphatic rings. The molecule has 0 amide bonds. The Bertz CT molecular complexity index is 1690. The second-order valence-corrected chi connectivity index (χ2v) is 10.2. The first-order chi connectivity index (χ1) is 18.9. The van der Waals surface area contributed by atoms with Crippen LogP contribution in [-0.4, -0.2) is 29.4 Å². The topological polar surface area (TPSA) is 54.5 Å². The Balaban J connectivity index is 1.56. The lowest BCUT2D eigenvalue weighted by molar-refractivity contribution is 0.0664. The Hall–Kier alpha value is -4.71. The fourth-order valence-corrected chi connectivity index (χ4v) is 6.77. The summed E-state index contributed by atoms with van der Waals surface area (Å²) in [5, 5.41) is 0. The number of halogens is 2. The molecule has 0 aromatic heterocycles. The predicted octanol–water partition coefficient (Wildman–Crippen LogP) is 6.28. The van der Waals surface area contributed by atoms with Crippen LogP contribution in [0.4, 0.5) is 14.5 Å². The Morgan fingerprint density at radius 3 is 2.05 bits per heavy atom. The number of Topliss-reactive ketones (excluding diaryl/α,β-unsaturated/α-hetero) is 3. The van der Waals surface area contributed by atoms with E-state index < -0.39 is 52.4 Å². The van der Waals surface area contributed by atoms with E-state index >= 15 is 4.39 Å². The molecule has 39 heavy (non-hydrogen) atoms. The van der Waals surface area contributed by atoms with Gasteiger partial charge in [0.25, 0.3) is 0 Å². The molecule has 0 saturated carbocycles. The van der Waals surface area contributed by atoms with Crippen molar-refractivity contribution in [2.75, 3.05) is 4.90 Å². The normalized spacial score (nSPS) is 22.1. The number of para-hydroxylation sites is 1. The highest BCUT2D eigenvalue weighted by Crippen LogP contribution is 2.61. The van der Waals surface area contributed by atoms with Gasteiger partial charge in [0.15, 0.2) is 17.3 Å². The van der Waals surface area contributed by atoms with Gasteiger partial charge in [-0.05, 0) is 47.5 Å². The average Bonchev–Trinajstić information content (AvgIpc) is 3.39. The van der Waals surface area contributed by atoms with Crippen LogP contribution in [0.15, 0.2) is 103 Å². The maximum Gasteiger partial charge on any atom is 0.185 e.